The number of rotatable bonds is 4. The van der Waals surface area contributed by atoms with Gasteiger partial charge in [0.2, 0.25) is 0 Å². The molecule has 23 heavy (non-hydrogen) atoms. The molecule has 1 amide bonds. The van der Waals surface area contributed by atoms with Crippen molar-refractivity contribution in [3.63, 3.8) is 0 Å². The van der Waals surface area contributed by atoms with Gasteiger partial charge in [0.15, 0.2) is 6.61 Å². The third-order valence-electron chi connectivity index (χ3n) is 4.44. The van der Waals surface area contributed by atoms with Crippen LogP contribution in [-0.4, -0.2) is 24.5 Å². The van der Waals surface area contributed by atoms with Crippen molar-refractivity contribution in [2.24, 2.45) is 0 Å². The number of aryl methyl sites for hydroxylation is 3. The lowest BCUT2D eigenvalue weighted by molar-refractivity contribution is -0.125. The van der Waals surface area contributed by atoms with Gasteiger partial charge in [-0.25, -0.2) is 4.79 Å². The van der Waals surface area contributed by atoms with E-state index in [1.54, 1.807) is 0 Å². The van der Waals surface area contributed by atoms with Crippen molar-refractivity contribution in [3.05, 3.63) is 34.4 Å². The molecule has 1 aliphatic carbocycles. The Kier molecular flexibility index (Phi) is 6.20. The average Bonchev–Trinajstić information content (AvgIpc) is 2.72. The molecule has 1 aromatic rings. The fourth-order valence-electron chi connectivity index (χ4n) is 3.40. The highest BCUT2D eigenvalue weighted by Gasteiger charge is 2.18. The van der Waals surface area contributed by atoms with Crippen LogP contribution in [0.25, 0.3) is 0 Å². The molecule has 126 valence electrons. The van der Waals surface area contributed by atoms with Crippen molar-refractivity contribution in [1.29, 1.82) is 0 Å². The van der Waals surface area contributed by atoms with Gasteiger partial charge in [-0.15, -0.1) is 0 Å². The highest BCUT2D eigenvalue weighted by molar-refractivity contribution is 5.94. The van der Waals surface area contributed by atoms with Gasteiger partial charge in [-0.1, -0.05) is 43.4 Å². The number of hydrogen-bond donors (Lipinski definition) is 1. The maximum absolute atomic E-state index is 12.2. The van der Waals surface area contributed by atoms with E-state index in [0.29, 0.717) is 5.56 Å². The molecule has 0 atom stereocenters. The molecule has 1 saturated carbocycles. The van der Waals surface area contributed by atoms with Gasteiger partial charge >= 0.3 is 5.97 Å². The van der Waals surface area contributed by atoms with Crippen LogP contribution in [0.15, 0.2) is 12.1 Å². The summed E-state index contributed by atoms with van der Waals surface area (Å²) < 4.78 is 5.21. The van der Waals surface area contributed by atoms with Crippen LogP contribution in [0.2, 0.25) is 0 Å². The number of amides is 1. The fraction of sp³-hybridized carbons (Fsp3) is 0.579. The molecule has 2 rings (SSSR count). The van der Waals surface area contributed by atoms with Gasteiger partial charge in [-0.2, -0.15) is 0 Å². The Balaban J connectivity index is 1.87. The first-order chi connectivity index (χ1) is 11.0. The van der Waals surface area contributed by atoms with E-state index in [1.807, 2.05) is 32.9 Å². The molecule has 0 saturated heterocycles. The second-order valence-electron chi connectivity index (χ2n) is 6.61. The molecule has 4 nitrogen and oxygen atoms in total. The molecular formula is C19H27NO3. The van der Waals surface area contributed by atoms with Crippen molar-refractivity contribution in [3.8, 4) is 0 Å². The second kappa shape index (κ2) is 8.14. The normalized spacial score (nSPS) is 15.8. The maximum Gasteiger partial charge on any atom is 0.339 e. The third kappa shape index (κ3) is 5.08. The lowest BCUT2D eigenvalue weighted by Crippen LogP contribution is -2.37. The van der Waals surface area contributed by atoms with Crippen molar-refractivity contribution in [2.45, 2.75) is 65.3 Å². The second-order valence-corrected chi connectivity index (χ2v) is 6.61. The molecule has 0 spiro atoms. The number of benzene rings is 1. The minimum atomic E-state index is -0.420. The Hall–Kier alpha value is -1.84. The van der Waals surface area contributed by atoms with Gasteiger partial charge in [0.1, 0.15) is 0 Å². The topological polar surface area (TPSA) is 55.4 Å². The molecule has 0 aromatic heterocycles. The van der Waals surface area contributed by atoms with Crippen molar-refractivity contribution in [1.82, 2.24) is 5.32 Å². The molecule has 0 bridgehead atoms. The summed E-state index contributed by atoms with van der Waals surface area (Å²) in [7, 11) is 0. The summed E-state index contributed by atoms with van der Waals surface area (Å²) >= 11 is 0. The smallest absolute Gasteiger partial charge is 0.339 e. The Morgan fingerprint density at radius 3 is 2.17 bits per heavy atom. The van der Waals surface area contributed by atoms with E-state index in [4.69, 9.17) is 4.74 Å². The van der Waals surface area contributed by atoms with Gasteiger partial charge in [0, 0.05) is 6.04 Å². The van der Waals surface area contributed by atoms with Gasteiger partial charge in [-0.3, -0.25) is 4.79 Å². The predicted octanol–water partition coefficient (Wildman–Crippen LogP) is 3.61. The lowest BCUT2D eigenvalue weighted by Gasteiger charge is -2.16. The zero-order valence-corrected chi connectivity index (χ0v) is 14.4. The molecule has 1 N–H and O–H groups in total. The van der Waals surface area contributed by atoms with Crippen LogP contribution < -0.4 is 5.32 Å². The monoisotopic (exact) mass is 317 g/mol. The molecule has 1 fully saturated rings. The zero-order chi connectivity index (χ0) is 16.8. The van der Waals surface area contributed by atoms with E-state index in [9.17, 15) is 9.59 Å². The van der Waals surface area contributed by atoms with Crippen LogP contribution in [0.5, 0.6) is 0 Å². The highest BCUT2D eigenvalue weighted by Crippen LogP contribution is 2.18. The number of esters is 1. The van der Waals surface area contributed by atoms with Gasteiger partial charge in [0.05, 0.1) is 5.56 Å². The minimum absolute atomic E-state index is 0.201. The summed E-state index contributed by atoms with van der Waals surface area (Å²) in [5, 5.41) is 2.99. The largest absolute Gasteiger partial charge is 0.452 e. The molecule has 0 radical (unpaired) electrons. The van der Waals surface area contributed by atoms with Crippen LogP contribution in [0, 0.1) is 20.8 Å². The number of carbonyl (C=O) groups excluding carboxylic acids is 2. The number of ether oxygens (including phenoxy) is 1. The lowest BCUT2D eigenvalue weighted by atomic mass is 10.00. The molecule has 0 unspecified atom stereocenters. The minimum Gasteiger partial charge on any atom is -0.452 e. The van der Waals surface area contributed by atoms with Crippen LogP contribution in [-0.2, 0) is 9.53 Å². The van der Waals surface area contributed by atoms with Gasteiger partial charge < -0.3 is 10.1 Å². The SMILES string of the molecule is Cc1cc(C)c(C(=O)OCC(=O)NC2CCCCCC2)c(C)c1. The van der Waals surface area contributed by atoms with Gasteiger partial charge in [0.25, 0.3) is 5.91 Å². The van der Waals surface area contributed by atoms with Gasteiger partial charge in [-0.05, 0) is 44.7 Å². The quantitative estimate of drug-likeness (QED) is 0.682. The molecular weight excluding hydrogens is 290 g/mol. The first kappa shape index (κ1) is 17.5. The number of nitrogens with one attached hydrogen (secondary N) is 1. The Morgan fingerprint density at radius 1 is 1.04 bits per heavy atom. The molecule has 0 aliphatic heterocycles. The first-order valence-corrected chi connectivity index (χ1v) is 8.51. The molecule has 1 aromatic carbocycles. The molecule has 0 heterocycles. The van der Waals surface area contributed by atoms with Crippen LogP contribution in [0.1, 0.15) is 65.6 Å². The standard InChI is InChI=1S/C19H27NO3/c1-13-10-14(2)18(15(3)11-13)19(22)23-12-17(21)20-16-8-6-4-5-7-9-16/h10-11,16H,4-9,12H2,1-3H3,(H,20,21). The van der Waals surface area contributed by atoms with E-state index >= 15 is 0 Å². The average molecular weight is 317 g/mol. The number of hydrogen-bond acceptors (Lipinski definition) is 3. The summed E-state index contributed by atoms with van der Waals surface area (Å²) in [5.41, 5.74) is 3.45. The predicted molar refractivity (Wildman–Crippen MR) is 90.6 cm³/mol. The summed E-state index contributed by atoms with van der Waals surface area (Å²) in [6, 6.07) is 4.14. The van der Waals surface area contributed by atoms with E-state index < -0.39 is 5.97 Å². The van der Waals surface area contributed by atoms with Crippen LogP contribution in [0.3, 0.4) is 0 Å². The summed E-state index contributed by atoms with van der Waals surface area (Å²) in [4.78, 5) is 24.2. The first-order valence-electron chi connectivity index (χ1n) is 8.51. The summed E-state index contributed by atoms with van der Waals surface area (Å²) in [6.45, 7) is 5.57. The summed E-state index contributed by atoms with van der Waals surface area (Å²) in [6.07, 6.45) is 6.85. The van der Waals surface area contributed by atoms with E-state index in [-0.39, 0.29) is 18.6 Å². The fourth-order valence-corrected chi connectivity index (χ4v) is 3.40. The zero-order valence-electron chi connectivity index (χ0n) is 14.4. The van der Waals surface area contributed by atoms with Crippen LogP contribution in [0.4, 0.5) is 0 Å². The Labute approximate surface area is 138 Å². The van der Waals surface area contributed by atoms with E-state index in [1.165, 1.54) is 12.8 Å². The summed E-state index contributed by atoms with van der Waals surface area (Å²) in [5.74, 6) is -0.622. The Morgan fingerprint density at radius 2 is 1.61 bits per heavy atom. The third-order valence-corrected chi connectivity index (χ3v) is 4.44. The van der Waals surface area contributed by atoms with E-state index in [0.717, 1.165) is 42.4 Å². The van der Waals surface area contributed by atoms with Crippen molar-refractivity contribution in [2.75, 3.05) is 6.61 Å². The van der Waals surface area contributed by atoms with Crippen molar-refractivity contribution >= 4 is 11.9 Å². The van der Waals surface area contributed by atoms with Crippen LogP contribution >= 0.6 is 0 Å². The van der Waals surface area contributed by atoms with Crippen molar-refractivity contribution < 1.29 is 14.3 Å². The van der Waals surface area contributed by atoms with E-state index in [2.05, 4.69) is 5.32 Å². The molecule has 1 aliphatic rings. The number of carbonyl (C=O) groups is 2. The highest BCUT2D eigenvalue weighted by atomic mass is 16.5. The maximum atomic E-state index is 12.2. The Bertz CT molecular complexity index is 549. The molecule has 4 heteroatoms.